The molecule has 0 spiro atoms. The van der Waals surface area contributed by atoms with Gasteiger partial charge in [-0.3, -0.25) is 9.59 Å². The zero-order chi connectivity index (χ0) is 17.4. The minimum absolute atomic E-state index is 0.127. The van der Waals surface area contributed by atoms with Crippen LogP contribution in [0.1, 0.15) is 30.4 Å². The van der Waals surface area contributed by atoms with Crippen molar-refractivity contribution in [1.82, 2.24) is 4.90 Å². The lowest BCUT2D eigenvalue weighted by Crippen LogP contribution is -2.41. The number of amides is 2. The van der Waals surface area contributed by atoms with Crippen LogP contribution in [0.15, 0.2) is 18.2 Å². The number of rotatable bonds is 5. The van der Waals surface area contributed by atoms with Gasteiger partial charge >= 0.3 is 0 Å². The second-order valence-electron chi connectivity index (χ2n) is 7.30. The smallest absolute Gasteiger partial charge is 0.239 e. The quantitative estimate of drug-likeness (QED) is 0.839. The largest absolute Gasteiger partial charge is 0.391 e. The first-order valence-electron chi connectivity index (χ1n) is 8.69. The zero-order valence-corrected chi connectivity index (χ0v) is 14.7. The van der Waals surface area contributed by atoms with Gasteiger partial charge in [-0.25, -0.2) is 0 Å². The van der Waals surface area contributed by atoms with Gasteiger partial charge in [-0.05, 0) is 62.3 Å². The van der Waals surface area contributed by atoms with Gasteiger partial charge in [0, 0.05) is 25.8 Å². The summed E-state index contributed by atoms with van der Waals surface area (Å²) in [5, 5.41) is 10.0. The van der Waals surface area contributed by atoms with Crippen molar-refractivity contribution in [3.63, 3.8) is 0 Å². The minimum Gasteiger partial charge on any atom is -0.391 e. The van der Waals surface area contributed by atoms with E-state index >= 15 is 0 Å². The first kappa shape index (κ1) is 17.0. The molecule has 1 aromatic rings. The average Bonchev–Trinajstić information content (AvgIpc) is 3.28. The summed E-state index contributed by atoms with van der Waals surface area (Å²) >= 11 is 0. The molecule has 1 saturated carbocycles. The molecule has 3 rings (SSSR count). The van der Waals surface area contributed by atoms with Gasteiger partial charge < -0.3 is 14.9 Å². The Hall–Kier alpha value is -1.88. The van der Waals surface area contributed by atoms with Crippen molar-refractivity contribution in [2.45, 2.75) is 39.2 Å². The monoisotopic (exact) mass is 330 g/mol. The van der Waals surface area contributed by atoms with E-state index in [4.69, 9.17) is 0 Å². The van der Waals surface area contributed by atoms with E-state index in [9.17, 15) is 14.7 Å². The van der Waals surface area contributed by atoms with Crippen LogP contribution in [-0.4, -0.2) is 48.1 Å². The molecular weight excluding hydrogens is 304 g/mol. The van der Waals surface area contributed by atoms with E-state index in [1.165, 1.54) is 4.90 Å². The third-order valence-corrected chi connectivity index (χ3v) is 5.03. The number of anilines is 1. The van der Waals surface area contributed by atoms with Crippen LogP contribution in [0.25, 0.3) is 0 Å². The molecule has 5 nitrogen and oxygen atoms in total. The molecule has 0 aromatic heterocycles. The van der Waals surface area contributed by atoms with Crippen molar-refractivity contribution in [1.29, 1.82) is 0 Å². The van der Waals surface area contributed by atoms with Crippen LogP contribution in [-0.2, 0) is 9.59 Å². The topological polar surface area (TPSA) is 60.9 Å². The summed E-state index contributed by atoms with van der Waals surface area (Å²) in [6, 6.07) is 6.04. The molecule has 130 valence electrons. The number of benzene rings is 1. The van der Waals surface area contributed by atoms with Crippen molar-refractivity contribution >= 4 is 17.5 Å². The number of likely N-dealkylation sites (N-methyl/N-ethyl adjacent to an activating group) is 1. The maximum Gasteiger partial charge on any atom is 0.239 e. The van der Waals surface area contributed by atoms with Crippen LogP contribution < -0.4 is 4.90 Å². The van der Waals surface area contributed by atoms with Crippen LogP contribution in [0.3, 0.4) is 0 Å². The van der Waals surface area contributed by atoms with Gasteiger partial charge in [-0.15, -0.1) is 0 Å². The fourth-order valence-electron chi connectivity index (χ4n) is 3.54. The molecule has 2 atom stereocenters. The van der Waals surface area contributed by atoms with E-state index in [0.29, 0.717) is 25.4 Å². The lowest BCUT2D eigenvalue weighted by atomic mass is 10.1. The lowest BCUT2D eigenvalue weighted by molar-refractivity contribution is -0.140. The van der Waals surface area contributed by atoms with E-state index in [2.05, 4.69) is 6.07 Å². The van der Waals surface area contributed by atoms with Crippen LogP contribution in [0.4, 0.5) is 5.69 Å². The minimum atomic E-state index is -0.623. The standard InChI is InChI=1S/C19H26N2O3/c1-12-8-13(2)10-15(9-12)21-7-6-16(19(21)24)18(23)20(3)11-17(22)14-4-5-14/h8-10,14,16-17,22H,4-7,11H2,1-3H3. The maximum absolute atomic E-state index is 12.7. The molecule has 24 heavy (non-hydrogen) atoms. The second kappa shape index (κ2) is 6.55. The highest BCUT2D eigenvalue weighted by Gasteiger charge is 2.40. The number of hydrogen-bond acceptors (Lipinski definition) is 3. The molecule has 1 saturated heterocycles. The second-order valence-corrected chi connectivity index (χ2v) is 7.30. The summed E-state index contributed by atoms with van der Waals surface area (Å²) < 4.78 is 0. The van der Waals surface area contributed by atoms with Gasteiger partial charge in [0.25, 0.3) is 0 Å². The molecular formula is C19H26N2O3. The number of hydrogen-bond donors (Lipinski definition) is 1. The molecule has 0 bridgehead atoms. The number of nitrogens with zero attached hydrogens (tertiary/aromatic N) is 2. The molecule has 2 aliphatic rings. The maximum atomic E-state index is 12.7. The van der Waals surface area contributed by atoms with E-state index in [-0.39, 0.29) is 11.8 Å². The molecule has 0 radical (unpaired) electrons. The number of aliphatic hydroxyl groups is 1. The first-order valence-corrected chi connectivity index (χ1v) is 8.69. The van der Waals surface area contributed by atoms with Crippen LogP contribution in [0.5, 0.6) is 0 Å². The molecule has 1 aliphatic carbocycles. The van der Waals surface area contributed by atoms with Crippen LogP contribution in [0.2, 0.25) is 0 Å². The molecule has 1 heterocycles. The SMILES string of the molecule is Cc1cc(C)cc(N2CCC(C(=O)N(C)CC(O)C3CC3)C2=O)c1. The Morgan fingerprint density at radius 3 is 2.46 bits per heavy atom. The molecule has 2 amide bonds. The molecule has 1 aliphatic heterocycles. The Balaban J connectivity index is 1.67. The van der Waals surface area contributed by atoms with Gasteiger partial charge in [0.05, 0.1) is 6.10 Å². The van der Waals surface area contributed by atoms with Gasteiger partial charge in [-0.2, -0.15) is 0 Å². The van der Waals surface area contributed by atoms with Gasteiger partial charge in [0.15, 0.2) is 0 Å². The normalized spacial score (nSPS) is 21.9. The van der Waals surface area contributed by atoms with Crippen molar-refractivity contribution in [2.24, 2.45) is 11.8 Å². The van der Waals surface area contributed by atoms with Crippen molar-refractivity contribution in [3.8, 4) is 0 Å². The van der Waals surface area contributed by atoms with E-state index in [1.807, 2.05) is 26.0 Å². The molecule has 1 N–H and O–H groups in total. The summed E-state index contributed by atoms with van der Waals surface area (Å²) in [5.74, 6) is -0.599. The fourth-order valence-corrected chi connectivity index (χ4v) is 3.54. The molecule has 2 fully saturated rings. The summed E-state index contributed by atoms with van der Waals surface area (Å²) in [6.07, 6.45) is 2.14. The Morgan fingerprint density at radius 2 is 1.88 bits per heavy atom. The molecule has 1 aromatic carbocycles. The highest BCUT2D eigenvalue weighted by molar-refractivity contribution is 6.09. The van der Waals surface area contributed by atoms with E-state index in [0.717, 1.165) is 29.7 Å². The third kappa shape index (κ3) is 3.46. The van der Waals surface area contributed by atoms with Gasteiger partial charge in [0.1, 0.15) is 5.92 Å². The van der Waals surface area contributed by atoms with Crippen LogP contribution >= 0.6 is 0 Å². The number of carbonyl (C=O) groups excluding carboxylic acids is 2. The number of aryl methyl sites for hydroxylation is 2. The van der Waals surface area contributed by atoms with E-state index < -0.39 is 12.0 Å². The Labute approximate surface area is 143 Å². The highest BCUT2D eigenvalue weighted by atomic mass is 16.3. The highest BCUT2D eigenvalue weighted by Crippen LogP contribution is 2.33. The summed E-state index contributed by atoms with van der Waals surface area (Å²) in [6.45, 7) is 4.90. The Bertz CT molecular complexity index is 634. The van der Waals surface area contributed by atoms with Crippen molar-refractivity contribution in [2.75, 3.05) is 25.0 Å². The summed E-state index contributed by atoms with van der Waals surface area (Å²) in [4.78, 5) is 28.6. The Kier molecular flexibility index (Phi) is 4.63. The average molecular weight is 330 g/mol. The third-order valence-electron chi connectivity index (χ3n) is 5.03. The zero-order valence-electron chi connectivity index (χ0n) is 14.7. The summed E-state index contributed by atoms with van der Waals surface area (Å²) in [7, 11) is 1.68. The molecule has 5 heteroatoms. The Morgan fingerprint density at radius 1 is 1.25 bits per heavy atom. The van der Waals surface area contributed by atoms with Crippen molar-refractivity contribution in [3.05, 3.63) is 29.3 Å². The molecule has 2 unspecified atom stereocenters. The first-order chi connectivity index (χ1) is 11.4. The van der Waals surface area contributed by atoms with E-state index in [1.54, 1.807) is 11.9 Å². The van der Waals surface area contributed by atoms with Crippen molar-refractivity contribution < 1.29 is 14.7 Å². The predicted octanol–water partition coefficient (Wildman–Crippen LogP) is 1.89. The predicted molar refractivity (Wildman–Crippen MR) is 92.7 cm³/mol. The van der Waals surface area contributed by atoms with Gasteiger partial charge in [0.2, 0.25) is 11.8 Å². The van der Waals surface area contributed by atoms with Crippen LogP contribution in [0, 0.1) is 25.7 Å². The number of aliphatic hydroxyl groups excluding tert-OH is 1. The van der Waals surface area contributed by atoms with Gasteiger partial charge in [-0.1, -0.05) is 6.07 Å². The number of carbonyl (C=O) groups is 2. The fraction of sp³-hybridized carbons (Fsp3) is 0.579. The summed E-state index contributed by atoms with van der Waals surface area (Å²) in [5.41, 5.74) is 3.09. The lowest BCUT2D eigenvalue weighted by Gasteiger charge is -2.23.